The highest BCUT2D eigenvalue weighted by molar-refractivity contribution is 6.32. The van der Waals surface area contributed by atoms with E-state index < -0.39 is 0 Å². The number of unbranched alkanes of at least 4 members (excludes halogenated alkanes) is 1. The SMILES string of the molecule is CCCCn1ncc(NC(C)c2ncc(C)o2)c(Cl)c1=O. The molecule has 2 aromatic heterocycles. The van der Waals surface area contributed by atoms with Gasteiger partial charge in [0.15, 0.2) is 0 Å². The van der Waals surface area contributed by atoms with E-state index >= 15 is 0 Å². The van der Waals surface area contributed by atoms with Crippen LogP contribution in [0.5, 0.6) is 0 Å². The summed E-state index contributed by atoms with van der Waals surface area (Å²) in [6.45, 7) is 6.34. The minimum atomic E-state index is -0.286. The topological polar surface area (TPSA) is 73.0 Å². The van der Waals surface area contributed by atoms with E-state index in [9.17, 15) is 4.79 Å². The molecule has 114 valence electrons. The molecule has 0 bridgehead atoms. The van der Waals surface area contributed by atoms with Crippen LogP contribution in [0.15, 0.2) is 21.6 Å². The first-order chi connectivity index (χ1) is 10.0. The number of oxazole rings is 1. The number of aryl methyl sites for hydroxylation is 2. The van der Waals surface area contributed by atoms with E-state index in [1.165, 1.54) is 4.68 Å². The third-order valence-electron chi connectivity index (χ3n) is 3.09. The van der Waals surface area contributed by atoms with Crippen LogP contribution < -0.4 is 10.9 Å². The van der Waals surface area contributed by atoms with Crippen molar-refractivity contribution < 1.29 is 4.42 Å². The van der Waals surface area contributed by atoms with Crippen LogP contribution in [0.4, 0.5) is 5.69 Å². The summed E-state index contributed by atoms with van der Waals surface area (Å²) < 4.78 is 6.83. The highest BCUT2D eigenvalue weighted by Crippen LogP contribution is 2.22. The van der Waals surface area contributed by atoms with Gasteiger partial charge in [-0.15, -0.1) is 0 Å². The standard InChI is InChI=1S/C14H19ClN4O2/c1-4-5-6-19-14(20)12(15)11(8-17-19)18-10(3)13-16-7-9(2)21-13/h7-8,10,18H,4-6H2,1-3H3. The zero-order valence-corrected chi connectivity index (χ0v) is 13.1. The van der Waals surface area contributed by atoms with Crippen LogP contribution in [0.1, 0.15) is 44.4 Å². The van der Waals surface area contributed by atoms with Crippen LogP contribution in [-0.4, -0.2) is 14.8 Å². The van der Waals surface area contributed by atoms with E-state index in [0.29, 0.717) is 18.1 Å². The molecule has 0 amide bonds. The van der Waals surface area contributed by atoms with Crippen molar-refractivity contribution in [1.82, 2.24) is 14.8 Å². The van der Waals surface area contributed by atoms with Crippen molar-refractivity contribution >= 4 is 17.3 Å². The van der Waals surface area contributed by atoms with Crippen molar-refractivity contribution in [3.8, 4) is 0 Å². The van der Waals surface area contributed by atoms with Gasteiger partial charge in [-0.2, -0.15) is 5.10 Å². The monoisotopic (exact) mass is 310 g/mol. The van der Waals surface area contributed by atoms with Gasteiger partial charge in [0.2, 0.25) is 5.89 Å². The lowest BCUT2D eigenvalue weighted by Crippen LogP contribution is -2.24. The molecule has 7 heteroatoms. The predicted molar refractivity (Wildman–Crippen MR) is 81.7 cm³/mol. The van der Waals surface area contributed by atoms with Crippen LogP contribution in [0.25, 0.3) is 0 Å². The van der Waals surface area contributed by atoms with E-state index in [-0.39, 0.29) is 16.6 Å². The molecule has 1 unspecified atom stereocenters. The second-order valence-electron chi connectivity index (χ2n) is 4.93. The maximum atomic E-state index is 12.1. The molecular formula is C14H19ClN4O2. The lowest BCUT2D eigenvalue weighted by atomic mass is 10.3. The summed E-state index contributed by atoms with van der Waals surface area (Å²) >= 11 is 6.13. The van der Waals surface area contributed by atoms with Crippen molar-refractivity contribution in [2.24, 2.45) is 0 Å². The number of hydrogen-bond acceptors (Lipinski definition) is 5. The highest BCUT2D eigenvalue weighted by atomic mass is 35.5. The number of rotatable bonds is 6. The van der Waals surface area contributed by atoms with E-state index in [1.807, 2.05) is 13.8 Å². The Morgan fingerprint density at radius 3 is 2.86 bits per heavy atom. The average Bonchev–Trinajstić information content (AvgIpc) is 2.90. The van der Waals surface area contributed by atoms with Gasteiger partial charge < -0.3 is 9.73 Å². The van der Waals surface area contributed by atoms with Crippen molar-refractivity contribution in [2.45, 2.75) is 46.2 Å². The van der Waals surface area contributed by atoms with Crippen LogP contribution in [-0.2, 0) is 6.54 Å². The van der Waals surface area contributed by atoms with Crippen molar-refractivity contribution in [1.29, 1.82) is 0 Å². The maximum absolute atomic E-state index is 12.1. The van der Waals surface area contributed by atoms with Gasteiger partial charge in [-0.1, -0.05) is 24.9 Å². The van der Waals surface area contributed by atoms with Crippen molar-refractivity contribution in [3.05, 3.63) is 39.4 Å². The largest absolute Gasteiger partial charge is 0.444 e. The minimum absolute atomic E-state index is 0.135. The summed E-state index contributed by atoms with van der Waals surface area (Å²) in [6.07, 6.45) is 5.09. The van der Waals surface area contributed by atoms with E-state index in [4.69, 9.17) is 16.0 Å². The summed E-state index contributed by atoms with van der Waals surface area (Å²) in [7, 11) is 0. The second-order valence-corrected chi connectivity index (χ2v) is 5.31. The smallest absolute Gasteiger partial charge is 0.287 e. The molecule has 2 aromatic rings. The average molecular weight is 311 g/mol. The molecule has 2 heterocycles. The second kappa shape index (κ2) is 6.76. The molecule has 1 atom stereocenters. The van der Waals surface area contributed by atoms with Gasteiger partial charge >= 0.3 is 0 Å². The van der Waals surface area contributed by atoms with Crippen LogP contribution >= 0.6 is 11.6 Å². The Hall–Kier alpha value is -1.82. The van der Waals surface area contributed by atoms with Gasteiger partial charge in [0, 0.05) is 6.54 Å². The first-order valence-corrected chi connectivity index (χ1v) is 7.35. The fraction of sp³-hybridized carbons (Fsp3) is 0.500. The molecule has 0 aromatic carbocycles. The third-order valence-corrected chi connectivity index (χ3v) is 3.46. The van der Waals surface area contributed by atoms with Gasteiger partial charge in [-0.05, 0) is 20.3 Å². The normalized spacial score (nSPS) is 12.4. The molecule has 21 heavy (non-hydrogen) atoms. The molecule has 0 fully saturated rings. The van der Waals surface area contributed by atoms with Crippen LogP contribution in [0, 0.1) is 6.92 Å². The number of anilines is 1. The molecular weight excluding hydrogens is 292 g/mol. The van der Waals surface area contributed by atoms with Crippen molar-refractivity contribution in [2.75, 3.05) is 5.32 Å². The maximum Gasteiger partial charge on any atom is 0.287 e. The van der Waals surface area contributed by atoms with Gasteiger partial charge in [-0.3, -0.25) is 4.79 Å². The van der Waals surface area contributed by atoms with Gasteiger partial charge in [0.05, 0.1) is 18.1 Å². The Balaban J connectivity index is 2.17. The lowest BCUT2D eigenvalue weighted by Gasteiger charge is -2.13. The zero-order valence-electron chi connectivity index (χ0n) is 12.4. The van der Waals surface area contributed by atoms with E-state index in [0.717, 1.165) is 18.6 Å². The number of nitrogens with one attached hydrogen (secondary N) is 1. The minimum Gasteiger partial charge on any atom is -0.444 e. The van der Waals surface area contributed by atoms with E-state index in [2.05, 4.69) is 22.3 Å². The molecule has 1 N–H and O–H groups in total. The fourth-order valence-corrected chi connectivity index (χ4v) is 2.10. The first kappa shape index (κ1) is 15.6. The summed E-state index contributed by atoms with van der Waals surface area (Å²) in [5.74, 6) is 1.27. The van der Waals surface area contributed by atoms with Gasteiger partial charge in [-0.25, -0.2) is 9.67 Å². The number of nitrogens with zero attached hydrogens (tertiary/aromatic N) is 3. The number of aromatic nitrogens is 3. The van der Waals surface area contributed by atoms with Gasteiger partial charge in [0.1, 0.15) is 16.8 Å². The molecule has 0 saturated heterocycles. The summed E-state index contributed by atoms with van der Waals surface area (Å²) in [5.41, 5.74) is 0.198. The Morgan fingerprint density at radius 2 is 2.24 bits per heavy atom. The van der Waals surface area contributed by atoms with Gasteiger partial charge in [0.25, 0.3) is 5.56 Å². The molecule has 0 spiro atoms. The van der Waals surface area contributed by atoms with Crippen molar-refractivity contribution in [3.63, 3.8) is 0 Å². The van der Waals surface area contributed by atoms with Crippen LogP contribution in [0.2, 0.25) is 5.02 Å². The number of halogens is 1. The number of hydrogen-bond donors (Lipinski definition) is 1. The van der Waals surface area contributed by atoms with Crippen LogP contribution in [0.3, 0.4) is 0 Å². The quantitative estimate of drug-likeness (QED) is 0.887. The molecule has 2 rings (SSSR count). The fourth-order valence-electron chi connectivity index (χ4n) is 1.90. The molecule has 0 aliphatic heterocycles. The highest BCUT2D eigenvalue weighted by Gasteiger charge is 2.15. The predicted octanol–water partition coefficient (Wildman–Crippen LogP) is 3.17. The lowest BCUT2D eigenvalue weighted by molar-refractivity contribution is 0.453. The summed E-state index contributed by atoms with van der Waals surface area (Å²) in [6, 6.07) is -0.205. The molecule has 0 aliphatic carbocycles. The summed E-state index contributed by atoms with van der Waals surface area (Å²) in [4.78, 5) is 16.3. The molecule has 0 saturated carbocycles. The summed E-state index contributed by atoms with van der Waals surface area (Å²) in [5, 5.41) is 7.37. The Morgan fingerprint density at radius 1 is 1.48 bits per heavy atom. The third kappa shape index (κ3) is 3.64. The zero-order chi connectivity index (χ0) is 15.4. The Bertz CT molecular complexity index is 665. The molecule has 0 aliphatic rings. The Labute approximate surface area is 128 Å². The van der Waals surface area contributed by atoms with E-state index in [1.54, 1.807) is 12.4 Å². The Kier molecular flexibility index (Phi) is 5.01. The first-order valence-electron chi connectivity index (χ1n) is 6.97. The molecule has 0 radical (unpaired) electrons. The molecule has 6 nitrogen and oxygen atoms in total.